The highest BCUT2D eigenvalue weighted by Gasteiger charge is 2.25. The molecule has 4 nitrogen and oxygen atoms in total. The summed E-state index contributed by atoms with van der Waals surface area (Å²) in [5, 5.41) is 0.748. The smallest absolute Gasteiger partial charge is 0.238 e. The molecule has 0 radical (unpaired) electrons. The molecule has 0 aliphatic carbocycles. The average Bonchev–Trinajstić information content (AvgIpc) is 2.41. The lowest BCUT2D eigenvalue weighted by Gasteiger charge is -2.31. The zero-order chi connectivity index (χ0) is 13.0. The number of hydrogen-bond acceptors (Lipinski definition) is 3. The third kappa shape index (κ3) is 3.45. The second-order valence-electron chi connectivity index (χ2n) is 4.71. The molecule has 0 unspecified atom stereocenters. The number of carbonyl (C=O) groups excluding carboxylic acids is 1. The zero-order valence-corrected chi connectivity index (χ0v) is 11.0. The third-order valence-electron chi connectivity index (χ3n) is 3.34. The lowest BCUT2D eigenvalue weighted by atomic mass is 9.97. The Labute approximate surface area is 112 Å². The van der Waals surface area contributed by atoms with Gasteiger partial charge in [-0.25, -0.2) is 5.84 Å². The molecule has 1 aliphatic rings. The molecule has 1 saturated heterocycles. The number of benzene rings is 1. The van der Waals surface area contributed by atoms with Crippen LogP contribution in [0.15, 0.2) is 24.3 Å². The van der Waals surface area contributed by atoms with Gasteiger partial charge in [-0.15, -0.1) is 0 Å². The highest BCUT2D eigenvalue weighted by atomic mass is 35.5. The second-order valence-corrected chi connectivity index (χ2v) is 5.15. The summed E-state index contributed by atoms with van der Waals surface area (Å²) in [4.78, 5) is 13.8. The van der Waals surface area contributed by atoms with Crippen molar-refractivity contribution >= 4 is 17.5 Å². The van der Waals surface area contributed by atoms with Crippen molar-refractivity contribution in [2.75, 3.05) is 13.1 Å². The van der Waals surface area contributed by atoms with Crippen LogP contribution in [0.2, 0.25) is 5.02 Å². The van der Waals surface area contributed by atoms with Gasteiger partial charge in [0.1, 0.15) is 0 Å². The highest BCUT2D eigenvalue weighted by molar-refractivity contribution is 6.30. The number of amides is 1. The number of nitrogens with one attached hydrogen (secondary N) is 1. The van der Waals surface area contributed by atoms with Crippen LogP contribution in [0.25, 0.3) is 0 Å². The van der Waals surface area contributed by atoms with Crippen LogP contribution in [-0.4, -0.2) is 23.9 Å². The van der Waals surface area contributed by atoms with Crippen molar-refractivity contribution in [3.05, 3.63) is 34.9 Å². The van der Waals surface area contributed by atoms with Gasteiger partial charge in [-0.3, -0.25) is 15.1 Å². The molecule has 0 saturated carbocycles. The summed E-state index contributed by atoms with van der Waals surface area (Å²) in [6.07, 6.45) is 1.95. The molecule has 1 fully saturated rings. The van der Waals surface area contributed by atoms with Crippen LogP contribution in [0.3, 0.4) is 0 Å². The quantitative estimate of drug-likeness (QED) is 0.496. The van der Waals surface area contributed by atoms with Gasteiger partial charge in [-0.05, 0) is 37.1 Å². The number of nitrogens with zero attached hydrogens (tertiary/aromatic N) is 1. The van der Waals surface area contributed by atoms with Crippen LogP contribution in [0, 0.1) is 5.92 Å². The molecule has 1 atom stereocenters. The maximum absolute atomic E-state index is 11.5. The van der Waals surface area contributed by atoms with Gasteiger partial charge in [0, 0.05) is 18.1 Å². The third-order valence-corrected chi connectivity index (χ3v) is 3.59. The molecular formula is C13H18ClN3O. The van der Waals surface area contributed by atoms with E-state index in [9.17, 15) is 4.79 Å². The Morgan fingerprint density at radius 2 is 2.17 bits per heavy atom. The van der Waals surface area contributed by atoms with Crippen LogP contribution in [0.1, 0.15) is 18.4 Å². The first kappa shape index (κ1) is 13.3. The highest BCUT2D eigenvalue weighted by Crippen LogP contribution is 2.19. The standard InChI is InChI=1S/C13H18ClN3O/c14-12-5-3-10(4-6-12)8-17-7-1-2-11(9-17)13(18)16-15/h3-6,11H,1-2,7-9,15H2,(H,16,18)/t11-/m1/s1. The number of piperidine rings is 1. The fourth-order valence-corrected chi connectivity index (χ4v) is 2.51. The van der Waals surface area contributed by atoms with Gasteiger partial charge < -0.3 is 0 Å². The number of hydrogen-bond donors (Lipinski definition) is 2. The van der Waals surface area contributed by atoms with Crippen LogP contribution < -0.4 is 11.3 Å². The number of rotatable bonds is 3. The molecule has 1 amide bonds. The molecule has 1 aromatic carbocycles. The van der Waals surface area contributed by atoms with Crippen molar-refractivity contribution in [1.82, 2.24) is 10.3 Å². The van der Waals surface area contributed by atoms with Crippen molar-refractivity contribution in [3.63, 3.8) is 0 Å². The van der Waals surface area contributed by atoms with Crippen molar-refractivity contribution in [2.24, 2.45) is 11.8 Å². The minimum absolute atomic E-state index is 0.0102. The van der Waals surface area contributed by atoms with E-state index in [1.807, 2.05) is 24.3 Å². The Morgan fingerprint density at radius 3 is 2.83 bits per heavy atom. The summed E-state index contributed by atoms with van der Waals surface area (Å²) in [5.74, 6) is 5.14. The van der Waals surface area contributed by atoms with E-state index in [0.717, 1.165) is 37.5 Å². The van der Waals surface area contributed by atoms with E-state index in [1.54, 1.807) is 0 Å². The number of halogens is 1. The molecule has 0 bridgehead atoms. The largest absolute Gasteiger partial charge is 0.298 e. The van der Waals surface area contributed by atoms with Gasteiger partial charge in [0.05, 0.1) is 5.92 Å². The fourth-order valence-electron chi connectivity index (χ4n) is 2.38. The monoisotopic (exact) mass is 267 g/mol. The lowest BCUT2D eigenvalue weighted by molar-refractivity contribution is -0.126. The summed E-state index contributed by atoms with van der Waals surface area (Å²) in [5.41, 5.74) is 3.46. The second kappa shape index (κ2) is 6.18. The maximum atomic E-state index is 11.5. The Morgan fingerprint density at radius 1 is 1.44 bits per heavy atom. The molecule has 18 heavy (non-hydrogen) atoms. The predicted octanol–water partition coefficient (Wildman–Crippen LogP) is 1.54. The normalized spacial score (nSPS) is 20.7. The number of nitrogens with two attached hydrogens (primary N) is 1. The summed E-state index contributed by atoms with van der Waals surface area (Å²) in [6.45, 7) is 2.65. The van der Waals surface area contributed by atoms with E-state index in [-0.39, 0.29) is 11.8 Å². The number of likely N-dealkylation sites (tertiary alicyclic amines) is 1. The van der Waals surface area contributed by atoms with Gasteiger partial charge in [0.2, 0.25) is 5.91 Å². The Kier molecular flexibility index (Phi) is 4.58. The van der Waals surface area contributed by atoms with Crippen LogP contribution in [0.4, 0.5) is 0 Å². The first-order valence-electron chi connectivity index (χ1n) is 6.16. The lowest BCUT2D eigenvalue weighted by Crippen LogP contribution is -2.44. The van der Waals surface area contributed by atoms with Crippen LogP contribution in [-0.2, 0) is 11.3 Å². The number of carbonyl (C=O) groups is 1. The Bertz CT molecular complexity index is 407. The minimum atomic E-state index is -0.0594. The Balaban J connectivity index is 1.93. The van der Waals surface area contributed by atoms with Crippen LogP contribution >= 0.6 is 11.6 Å². The van der Waals surface area contributed by atoms with Gasteiger partial charge in [-0.1, -0.05) is 23.7 Å². The Hall–Kier alpha value is -1.10. The van der Waals surface area contributed by atoms with E-state index in [4.69, 9.17) is 17.4 Å². The summed E-state index contributed by atoms with van der Waals surface area (Å²) in [6, 6.07) is 7.83. The van der Waals surface area contributed by atoms with E-state index in [1.165, 1.54) is 5.56 Å². The fraction of sp³-hybridized carbons (Fsp3) is 0.462. The molecule has 2 rings (SSSR count). The summed E-state index contributed by atoms with van der Waals surface area (Å²) >= 11 is 5.86. The van der Waals surface area contributed by atoms with Crippen molar-refractivity contribution < 1.29 is 4.79 Å². The van der Waals surface area contributed by atoms with E-state index < -0.39 is 0 Å². The molecule has 0 aromatic heterocycles. The molecule has 98 valence electrons. The van der Waals surface area contributed by atoms with Crippen molar-refractivity contribution in [2.45, 2.75) is 19.4 Å². The van der Waals surface area contributed by atoms with Gasteiger partial charge in [0.25, 0.3) is 0 Å². The number of hydrazine groups is 1. The van der Waals surface area contributed by atoms with Crippen LogP contribution in [0.5, 0.6) is 0 Å². The molecule has 1 aliphatic heterocycles. The molecular weight excluding hydrogens is 250 g/mol. The van der Waals surface area contributed by atoms with Gasteiger partial charge in [-0.2, -0.15) is 0 Å². The van der Waals surface area contributed by atoms with E-state index >= 15 is 0 Å². The zero-order valence-electron chi connectivity index (χ0n) is 10.2. The maximum Gasteiger partial charge on any atom is 0.238 e. The van der Waals surface area contributed by atoms with Gasteiger partial charge in [0.15, 0.2) is 0 Å². The minimum Gasteiger partial charge on any atom is -0.298 e. The van der Waals surface area contributed by atoms with E-state index in [0.29, 0.717) is 0 Å². The molecule has 1 heterocycles. The van der Waals surface area contributed by atoms with Crippen molar-refractivity contribution in [3.8, 4) is 0 Å². The average molecular weight is 268 g/mol. The van der Waals surface area contributed by atoms with Gasteiger partial charge >= 0.3 is 0 Å². The van der Waals surface area contributed by atoms with E-state index in [2.05, 4.69) is 10.3 Å². The van der Waals surface area contributed by atoms with Crippen molar-refractivity contribution in [1.29, 1.82) is 0 Å². The SMILES string of the molecule is NNC(=O)[C@@H]1CCCN(Cc2ccc(Cl)cc2)C1. The summed E-state index contributed by atoms with van der Waals surface area (Å²) in [7, 11) is 0. The first-order valence-corrected chi connectivity index (χ1v) is 6.54. The molecule has 0 spiro atoms. The predicted molar refractivity (Wildman–Crippen MR) is 71.8 cm³/mol. The molecule has 5 heteroatoms. The first-order chi connectivity index (χ1) is 8.69. The summed E-state index contributed by atoms with van der Waals surface area (Å²) < 4.78 is 0. The molecule has 3 N–H and O–H groups in total. The molecule has 1 aromatic rings. The topological polar surface area (TPSA) is 58.4 Å².